The van der Waals surface area contributed by atoms with Gasteiger partial charge < -0.3 is 20.1 Å². The zero-order valence-electron chi connectivity index (χ0n) is 18.6. The SMILES string of the molecule is C=C1CCc2cc(OCCN3CCC4(CC3)C(=O)Nc3ccc(Cl)cc34)cnc2N1CCO. The summed E-state index contributed by atoms with van der Waals surface area (Å²) in [7, 11) is 0. The number of pyridine rings is 1. The number of aliphatic hydroxyl groups excluding tert-OH is 1. The highest BCUT2D eigenvalue weighted by Crippen LogP contribution is 2.45. The Balaban J connectivity index is 1.17. The van der Waals surface area contributed by atoms with Crippen LogP contribution in [0.3, 0.4) is 0 Å². The average molecular weight is 469 g/mol. The Morgan fingerprint density at radius 1 is 1.21 bits per heavy atom. The van der Waals surface area contributed by atoms with Gasteiger partial charge in [-0.25, -0.2) is 4.98 Å². The molecule has 5 rings (SSSR count). The van der Waals surface area contributed by atoms with Crippen LogP contribution in [-0.4, -0.2) is 60.3 Å². The molecule has 1 amide bonds. The standard InChI is InChI=1S/C25H29ClN4O3/c1-17-2-3-18-14-20(16-27-23(18)30(17)10-12-31)33-13-11-29-8-6-25(7-9-29)21-15-19(26)4-5-22(21)28-24(25)32/h4-5,14-16,31H,1-3,6-13H2,(H,28,32). The molecule has 0 atom stereocenters. The minimum Gasteiger partial charge on any atom is -0.491 e. The van der Waals surface area contributed by atoms with Crippen molar-refractivity contribution in [2.24, 2.45) is 0 Å². The molecular weight excluding hydrogens is 440 g/mol. The van der Waals surface area contributed by atoms with Gasteiger partial charge in [0, 0.05) is 29.5 Å². The zero-order valence-corrected chi connectivity index (χ0v) is 19.4. The van der Waals surface area contributed by atoms with Gasteiger partial charge in [0.1, 0.15) is 18.2 Å². The van der Waals surface area contributed by atoms with Crippen LogP contribution in [0.4, 0.5) is 11.5 Å². The van der Waals surface area contributed by atoms with Crippen LogP contribution in [0.25, 0.3) is 0 Å². The monoisotopic (exact) mass is 468 g/mol. The van der Waals surface area contributed by atoms with Gasteiger partial charge in [0.25, 0.3) is 0 Å². The maximum Gasteiger partial charge on any atom is 0.235 e. The molecular formula is C25H29ClN4O3. The molecule has 1 spiro atoms. The Morgan fingerprint density at radius 2 is 2.03 bits per heavy atom. The van der Waals surface area contributed by atoms with Crippen molar-refractivity contribution in [1.82, 2.24) is 9.88 Å². The molecule has 33 heavy (non-hydrogen) atoms. The summed E-state index contributed by atoms with van der Waals surface area (Å²) in [5.74, 6) is 1.72. The number of anilines is 2. The van der Waals surface area contributed by atoms with Crippen molar-refractivity contribution in [3.63, 3.8) is 0 Å². The lowest BCUT2D eigenvalue weighted by molar-refractivity contribution is -0.122. The first-order chi connectivity index (χ1) is 16.0. The van der Waals surface area contributed by atoms with Gasteiger partial charge in [0.15, 0.2) is 0 Å². The van der Waals surface area contributed by atoms with Gasteiger partial charge in [-0.1, -0.05) is 18.2 Å². The topological polar surface area (TPSA) is 77.9 Å². The van der Waals surface area contributed by atoms with E-state index >= 15 is 0 Å². The van der Waals surface area contributed by atoms with Crippen molar-refractivity contribution in [3.8, 4) is 5.75 Å². The molecule has 0 bridgehead atoms. The van der Waals surface area contributed by atoms with Gasteiger partial charge in [0.05, 0.1) is 18.2 Å². The fraction of sp³-hybridized carbons (Fsp3) is 0.440. The Labute approximate surface area is 199 Å². The third-order valence-corrected chi connectivity index (χ3v) is 7.36. The summed E-state index contributed by atoms with van der Waals surface area (Å²) in [6.45, 7) is 7.69. The van der Waals surface area contributed by atoms with E-state index in [1.54, 1.807) is 6.20 Å². The number of nitrogens with one attached hydrogen (secondary N) is 1. The molecule has 174 valence electrons. The molecule has 1 aromatic carbocycles. The number of allylic oxidation sites excluding steroid dienone is 1. The number of carbonyl (C=O) groups excluding carboxylic acids is 1. The summed E-state index contributed by atoms with van der Waals surface area (Å²) in [5, 5.41) is 13.0. The zero-order chi connectivity index (χ0) is 23.0. The highest BCUT2D eigenvalue weighted by molar-refractivity contribution is 6.31. The number of piperidine rings is 1. The summed E-state index contributed by atoms with van der Waals surface area (Å²) in [6.07, 6.45) is 5.03. The lowest BCUT2D eigenvalue weighted by atomic mass is 9.73. The van der Waals surface area contributed by atoms with Gasteiger partial charge in [-0.2, -0.15) is 0 Å². The van der Waals surface area contributed by atoms with Crippen molar-refractivity contribution in [2.75, 3.05) is 49.6 Å². The summed E-state index contributed by atoms with van der Waals surface area (Å²) in [6, 6.07) is 7.71. The number of hydrogen-bond donors (Lipinski definition) is 2. The van der Waals surface area contributed by atoms with E-state index in [1.807, 2.05) is 29.2 Å². The van der Waals surface area contributed by atoms with Crippen LogP contribution in [0.2, 0.25) is 5.02 Å². The Hall–Kier alpha value is -2.61. The lowest BCUT2D eigenvalue weighted by Crippen LogP contribution is -2.47. The molecule has 7 nitrogen and oxygen atoms in total. The third kappa shape index (κ3) is 4.09. The smallest absolute Gasteiger partial charge is 0.235 e. The number of nitrogens with zero attached hydrogens (tertiary/aromatic N) is 3. The van der Waals surface area contributed by atoms with Crippen LogP contribution in [0.1, 0.15) is 30.4 Å². The molecule has 0 radical (unpaired) electrons. The number of hydrogen-bond acceptors (Lipinski definition) is 6. The van der Waals surface area contributed by atoms with E-state index < -0.39 is 5.41 Å². The molecule has 0 aliphatic carbocycles. The van der Waals surface area contributed by atoms with Crippen LogP contribution in [0, 0.1) is 0 Å². The fourth-order valence-electron chi connectivity index (χ4n) is 5.25. The fourth-order valence-corrected chi connectivity index (χ4v) is 5.42. The van der Waals surface area contributed by atoms with E-state index in [1.165, 1.54) is 0 Å². The highest BCUT2D eigenvalue weighted by atomic mass is 35.5. The van der Waals surface area contributed by atoms with Crippen molar-refractivity contribution in [3.05, 3.63) is 58.9 Å². The number of fused-ring (bicyclic) bond motifs is 3. The second-order valence-electron chi connectivity index (χ2n) is 9.01. The number of aliphatic hydroxyl groups is 1. The van der Waals surface area contributed by atoms with Gasteiger partial charge in [-0.15, -0.1) is 0 Å². The lowest BCUT2D eigenvalue weighted by Gasteiger charge is -2.38. The van der Waals surface area contributed by atoms with E-state index in [4.69, 9.17) is 16.3 Å². The van der Waals surface area contributed by atoms with Crippen LogP contribution in [0.5, 0.6) is 5.75 Å². The Kier molecular flexibility index (Phi) is 6.03. The van der Waals surface area contributed by atoms with E-state index in [2.05, 4.69) is 21.8 Å². The van der Waals surface area contributed by atoms with Crippen LogP contribution < -0.4 is 15.0 Å². The number of rotatable bonds is 6. The van der Waals surface area contributed by atoms with Gasteiger partial charge in [-0.05, 0) is 74.2 Å². The number of likely N-dealkylation sites (tertiary alicyclic amines) is 1. The number of halogens is 1. The van der Waals surface area contributed by atoms with Crippen molar-refractivity contribution in [1.29, 1.82) is 0 Å². The number of aromatic nitrogens is 1. The normalized spacial score (nSPS) is 19.4. The van der Waals surface area contributed by atoms with Crippen LogP contribution >= 0.6 is 11.6 Å². The molecule has 0 saturated carbocycles. The number of carbonyl (C=O) groups is 1. The first kappa shape index (κ1) is 22.2. The quantitative estimate of drug-likeness (QED) is 0.677. The summed E-state index contributed by atoms with van der Waals surface area (Å²) in [5.41, 5.74) is 3.57. The average Bonchev–Trinajstić information content (AvgIpc) is 3.08. The molecule has 1 aromatic heterocycles. The van der Waals surface area contributed by atoms with Crippen LogP contribution in [-0.2, 0) is 16.6 Å². The predicted octanol–water partition coefficient (Wildman–Crippen LogP) is 3.36. The number of β-amino-alcohol motifs (C(OH)–C–C–N with tert-alkyl or cyclic N) is 1. The number of benzene rings is 1. The summed E-state index contributed by atoms with van der Waals surface area (Å²) >= 11 is 6.21. The number of aryl methyl sites for hydroxylation is 1. The first-order valence-electron chi connectivity index (χ1n) is 11.5. The molecule has 1 saturated heterocycles. The maximum absolute atomic E-state index is 12.8. The summed E-state index contributed by atoms with van der Waals surface area (Å²) in [4.78, 5) is 21.7. The molecule has 4 heterocycles. The minimum absolute atomic E-state index is 0.0653. The van der Waals surface area contributed by atoms with E-state index in [0.717, 1.165) is 79.4 Å². The number of ether oxygens (including phenoxy) is 1. The molecule has 1 fully saturated rings. The Bertz CT molecular complexity index is 1080. The largest absolute Gasteiger partial charge is 0.491 e. The summed E-state index contributed by atoms with van der Waals surface area (Å²) < 4.78 is 6.02. The number of amides is 1. The molecule has 2 N–H and O–H groups in total. The predicted molar refractivity (Wildman–Crippen MR) is 129 cm³/mol. The molecule has 2 aromatic rings. The maximum atomic E-state index is 12.8. The molecule has 0 unspecified atom stereocenters. The van der Waals surface area contributed by atoms with Gasteiger partial charge in [0.2, 0.25) is 5.91 Å². The highest BCUT2D eigenvalue weighted by Gasteiger charge is 2.48. The first-order valence-corrected chi connectivity index (χ1v) is 11.9. The molecule has 8 heteroatoms. The minimum atomic E-state index is -0.468. The Morgan fingerprint density at radius 3 is 2.82 bits per heavy atom. The molecule has 3 aliphatic rings. The third-order valence-electron chi connectivity index (χ3n) is 7.13. The van der Waals surface area contributed by atoms with Crippen molar-refractivity contribution < 1.29 is 14.6 Å². The van der Waals surface area contributed by atoms with Crippen molar-refractivity contribution in [2.45, 2.75) is 31.1 Å². The van der Waals surface area contributed by atoms with Gasteiger partial charge >= 0.3 is 0 Å². The van der Waals surface area contributed by atoms with E-state index in [-0.39, 0.29) is 12.5 Å². The van der Waals surface area contributed by atoms with Crippen LogP contribution in [0.15, 0.2) is 42.7 Å². The van der Waals surface area contributed by atoms with Gasteiger partial charge in [-0.3, -0.25) is 9.69 Å². The second-order valence-corrected chi connectivity index (χ2v) is 9.45. The van der Waals surface area contributed by atoms with E-state index in [9.17, 15) is 9.90 Å². The second kappa shape index (κ2) is 8.97. The molecule has 3 aliphatic heterocycles. The van der Waals surface area contributed by atoms with Crippen molar-refractivity contribution >= 4 is 29.0 Å². The van der Waals surface area contributed by atoms with E-state index in [0.29, 0.717) is 18.2 Å².